The minimum atomic E-state index is -0.311. The summed E-state index contributed by atoms with van der Waals surface area (Å²) in [6.45, 7) is 2.58. The number of aryl methyl sites for hydroxylation is 2. The van der Waals surface area contributed by atoms with Crippen molar-refractivity contribution in [1.82, 2.24) is 19.4 Å². The quantitative estimate of drug-likeness (QED) is 0.900. The predicted molar refractivity (Wildman–Crippen MR) is 93.0 cm³/mol. The molecule has 1 aliphatic heterocycles. The first-order valence-electron chi connectivity index (χ1n) is 8.37. The lowest BCUT2D eigenvalue weighted by molar-refractivity contribution is 0.0934. The number of carbonyl (C=O) groups excluding carboxylic acids is 1. The lowest BCUT2D eigenvalue weighted by atomic mass is 10.1. The van der Waals surface area contributed by atoms with Gasteiger partial charge in [0.1, 0.15) is 5.56 Å². The van der Waals surface area contributed by atoms with Crippen LogP contribution in [-0.4, -0.2) is 39.6 Å². The molecule has 6 heteroatoms. The van der Waals surface area contributed by atoms with E-state index in [1.807, 2.05) is 19.3 Å². The summed E-state index contributed by atoms with van der Waals surface area (Å²) in [6.07, 6.45) is 6.05. The lowest BCUT2D eigenvalue weighted by Crippen LogP contribution is -2.39. The number of likely N-dealkylation sites (tertiary alicyclic amines) is 1. The maximum Gasteiger partial charge on any atom is 0.263 e. The highest BCUT2D eigenvalue weighted by Gasteiger charge is 2.26. The maximum absolute atomic E-state index is 12.4. The van der Waals surface area contributed by atoms with Crippen molar-refractivity contribution >= 4 is 5.91 Å². The molecular weight excluding hydrogens is 304 g/mol. The van der Waals surface area contributed by atoms with Crippen LogP contribution in [0, 0.1) is 0 Å². The smallest absolute Gasteiger partial charge is 0.263 e. The van der Waals surface area contributed by atoms with Gasteiger partial charge < -0.3 is 14.5 Å². The van der Waals surface area contributed by atoms with E-state index in [9.17, 15) is 9.59 Å². The summed E-state index contributed by atoms with van der Waals surface area (Å²) in [7, 11) is 3.67. The van der Waals surface area contributed by atoms with Gasteiger partial charge in [0.2, 0.25) is 0 Å². The Balaban J connectivity index is 1.76. The molecule has 1 amide bonds. The monoisotopic (exact) mass is 328 g/mol. The second kappa shape index (κ2) is 7.05. The Bertz CT molecular complexity index is 771. The molecule has 3 rings (SSSR count). The molecule has 1 aliphatic rings. The fourth-order valence-corrected chi connectivity index (χ4v) is 3.35. The zero-order valence-electron chi connectivity index (χ0n) is 14.2. The van der Waals surface area contributed by atoms with E-state index in [4.69, 9.17) is 0 Å². The fraction of sp³-hybridized carbons (Fsp3) is 0.444. The van der Waals surface area contributed by atoms with Gasteiger partial charge in [0.05, 0.1) is 6.04 Å². The van der Waals surface area contributed by atoms with E-state index in [2.05, 4.69) is 20.9 Å². The van der Waals surface area contributed by atoms with Crippen molar-refractivity contribution in [3.8, 4) is 0 Å². The van der Waals surface area contributed by atoms with E-state index in [1.54, 1.807) is 25.4 Å². The summed E-state index contributed by atoms with van der Waals surface area (Å²) in [6, 6.07) is 7.53. The molecule has 1 atom stereocenters. The van der Waals surface area contributed by atoms with Crippen molar-refractivity contribution in [2.24, 2.45) is 14.1 Å². The zero-order valence-corrected chi connectivity index (χ0v) is 14.2. The number of hydrogen-bond acceptors (Lipinski definition) is 3. The largest absolute Gasteiger partial charge is 0.353 e. The standard InChI is InChI=1S/C18H24N4O2/c1-20-9-6-8-15(20)16(22-11-3-4-12-22)13-19-17(23)14-7-5-10-21(2)18(14)24/h5-10,16H,3-4,11-13H2,1-2H3,(H,19,23). The molecule has 1 fully saturated rings. The van der Waals surface area contributed by atoms with Gasteiger partial charge in [-0.3, -0.25) is 14.5 Å². The number of nitrogens with zero attached hydrogens (tertiary/aromatic N) is 3. The lowest BCUT2D eigenvalue weighted by Gasteiger charge is -2.28. The second-order valence-corrected chi connectivity index (χ2v) is 6.35. The topological polar surface area (TPSA) is 59.3 Å². The number of nitrogens with one attached hydrogen (secondary N) is 1. The third kappa shape index (κ3) is 3.28. The minimum absolute atomic E-state index is 0.129. The molecule has 1 unspecified atom stereocenters. The predicted octanol–water partition coefficient (Wildman–Crippen LogP) is 1.29. The Kier molecular flexibility index (Phi) is 4.85. The van der Waals surface area contributed by atoms with Gasteiger partial charge in [-0.25, -0.2) is 0 Å². The van der Waals surface area contributed by atoms with E-state index in [-0.39, 0.29) is 23.1 Å². The Labute approximate surface area is 141 Å². The Morgan fingerprint density at radius 1 is 1.12 bits per heavy atom. The molecule has 2 aromatic heterocycles. The Hall–Kier alpha value is -2.34. The van der Waals surface area contributed by atoms with Crippen molar-refractivity contribution in [3.63, 3.8) is 0 Å². The van der Waals surface area contributed by atoms with Crippen LogP contribution in [-0.2, 0) is 14.1 Å². The van der Waals surface area contributed by atoms with Crippen LogP contribution in [0.4, 0.5) is 0 Å². The van der Waals surface area contributed by atoms with Crippen LogP contribution >= 0.6 is 0 Å². The molecular formula is C18H24N4O2. The van der Waals surface area contributed by atoms with Crippen LogP contribution in [0.25, 0.3) is 0 Å². The van der Waals surface area contributed by atoms with Crippen LogP contribution < -0.4 is 10.9 Å². The van der Waals surface area contributed by atoms with E-state index in [0.29, 0.717) is 6.54 Å². The second-order valence-electron chi connectivity index (χ2n) is 6.35. The Morgan fingerprint density at radius 3 is 2.46 bits per heavy atom. The van der Waals surface area contributed by atoms with Gasteiger partial charge in [-0.15, -0.1) is 0 Å². The number of hydrogen-bond donors (Lipinski definition) is 1. The highest BCUT2D eigenvalue weighted by Crippen LogP contribution is 2.24. The molecule has 128 valence electrons. The molecule has 0 bridgehead atoms. The van der Waals surface area contributed by atoms with Gasteiger partial charge >= 0.3 is 0 Å². The van der Waals surface area contributed by atoms with Gasteiger partial charge in [-0.1, -0.05) is 0 Å². The van der Waals surface area contributed by atoms with Crippen molar-refractivity contribution in [2.45, 2.75) is 18.9 Å². The molecule has 2 aromatic rings. The number of pyridine rings is 1. The molecule has 1 N–H and O–H groups in total. The van der Waals surface area contributed by atoms with Crippen LogP contribution in [0.2, 0.25) is 0 Å². The average Bonchev–Trinajstić information content (AvgIpc) is 3.23. The van der Waals surface area contributed by atoms with Crippen molar-refractivity contribution in [3.05, 3.63) is 58.3 Å². The number of rotatable bonds is 5. The normalized spacial score (nSPS) is 16.2. The van der Waals surface area contributed by atoms with Crippen LogP contribution in [0.15, 0.2) is 41.5 Å². The first-order chi connectivity index (χ1) is 11.6. The van der Waals surface area contributed by atoms with Gasteiger partial charge in [-0.05, 0) is 50.2 Å². The molecule has 0 aliphatic carbocycles. The van der Waals surface area contributed by atoms with Crippen LogP contribution in [0.5, 0.6) is 0 Å². The first kappa shape index (κ1) is 16.5. The van der Waals surface area contributed by atoms with E-state index in [1.165, 1.54) is 23.1 Å². The van der Waals surface area contributed by atoms with Gasteiger partial charge in [0, 0.05) is 38.7 Å². The molecule has 24 heavy (non-hydrogen) atoms. The summed E-state index contributed by atoms with van der Waals surface area (Å²) in [4.78, 5) is 26.9. The zero-order chi connectivity index (χ0) is 17.1. The van der Waals surface area contributed by atoms with Gasteiger partial charge in [0.25, 0.3) is 11.5 Å². The fourth-order valence-electron chi connectivity index (χ4n) is 3.35. The Morgan fingerprint density at radius 2 is 1.79 bits per heavy atom. The average molecular weight is 328 g/mol. The van der Waals surface area contributed by atoms with E-state index < -0.39 is 0 Å². The summed E-state index contributed by atoms with van der Waals surface area (Å²) in [5.74, 6) is -0.311. The third-order valence-corrected chi connectivity index (χ3v) is 4.73. The highest BCUT2D eigenvalue weighted by atomic mass is 16.2. The maximum atomic E-state index is 12.4. The molecule has 3 heterocycles. The molecule has 1 saturated heterocycles. The van der Waals surface area contributed by atoms with Crippen molar-refractivity contribution < 1.29 is 4.79 Å². The first-order valence-corrected chi connectivity index (χ1v) is 8.37. The summed E-state index contributed by atoms with van der Waals surface area (Å²) in [5, 5.41) is 2.95. The SMILES string of the molecule is Cn1cccc1C(CNC(=O)c1cccn(C)c1=O)N1CCCC1. The number of aromatic nitrogens is 2. The van der Waals surface area contributed by atoms with Gasteiger partial charge in [-0.2, -0.15) is 0 Å². The molecule has 0 spiro atoms. The summed E-state index contributed by atoms with van der Waals surface area (Å²) >= 11 is 0. The third-order valence-electron chi connectivity index (χ3n) is 4.73. The minimum Gasteiger partial charge on any atom is -0.353 e. The molecule has 0 radical (unpaired) electrons. The molecule has 6 nitrogen and oxygen atoms in total. The van der Waals surface area contributed by atoms with E-state index in [0.717, 1.165) is 13.1 Å². The summed E-state index contributed by atoms with van der Waals surface area (Å²) in [5.41, 5.74) is 1.09. The van der Waals surface area contributed by atoms with Crippen LogP contribution in [0.3, 0.4) is 0 Å². The number of amides is 1. The number of carbonyl (C=O) groups is 1. The van der Waals surface area contributed by atoms with Crippen LogP contribution in [0.1, 0.15) is 34.9 Å². The molecule has 0 aromatic carbocycles. The van der Waals surface area contributed by atoms with Crippen molar-refractivity contribution in [2.75, 3.05) is 19.6 Å². The highest BCUT2D eigenvalue weighted by molar-refractivity contribution is 5.93. The molecule has 0 saturated carbocycles. The van der Waals surface area contributed by atoms with E-state index >= 15 is 0 Å². The summed E-state index contributed by atoms with van der Waals surface area (Å²) < 4.78 is 3.51. The van der Waals surface area contributed by atoms with Gasteiger partial charge in [0.15, 0.2) is 0 Å². The van der Waals surface area contributed by atoms with Crippen molar-refractivity contribution in [1.29, 1.82) is 0 Å².